The number of hydrogen-bond donors (Lipinski definition) is 1. The Kier molecular flexibility index (Phi) is 5.12. The molecule has 7 rings (SSSR count). The molecule has 31 heavy (non-hydrogen) atoms. The summed E-state index contributed by atoms with van der Waals surface area (Å²) in [4.78, 5) is 13.0. The summed E-state index contributed by atoms with van der Waals surface area (Å²) >= 11 is 1.52. The first kappa shape index (κ1) is 19.9. The van der Waals surface area contributed by atoms with Crippen molar-refractivity contribution in [3.05, 3.63) is 30.4 Å². The number of carbonyl (C=O) groups excluding carboxylic acids is 1. The third-order valence-electron chi connectivity index (χ3n) is 8.20. The molecule has 2 heterocycles. The van der Waals surface area contributed by atoms with Gasteiger partial charge in [0.1, 0.15) is 0 Å². The number of carbonyl (C=O) groups is 1. The Hall–Kier alpha value is -1.76. The molecule has 7 heteroatoms. The lowest BCUT2D eigenvalue weighted by molar-refractivity contribution is -0.124. The molecule has 0 saturated heterocycles. The van der Waals surface area contributed by atoms with Crippen molar-refractivity contribution < 1.29 is 4.79 Å². The average molecular weight is 440 g/mol. The fourth-order valence-corrected chi connectivity index (χ4v) is 8.12. The quantitative estimate of drug-likeness (QED) is 0.667. The number of nitrogens with zero attached hydrogens (tertiary/aromatic N) is 4. The summed E-state index contributed by atoms with van der Waals surface area (Å²) in [5.41, 5.74) is 0.0771. The van der Waals surface area contributed by atoms with Gasteiger partial charge in [-0.1, -0.05) is 31.0 Å². The lowest BCUT2D eigenvalue weighted by Crippen LogP contribution is -2.60. The summed E-state index contributed by atoms with van der Waals surface area (Å²) in [6.07, 6.45) is 18.0. The van der Waals surface area contributed by atoms with Gasteiger partial charge in [-0.25, -0.2) is 4.68 Å². The van der Waals surface area contributed by atoms with Crippen molar-refractivity contribution in [3.63, 3.8) is 0 Å². The van der Waals surface area contributed by atoms with E-state index < -0.39 is 0 Å². The number of nitrogens with one attached hydrogen (secondary N) is 1. The normalized spacial score (nSPS) is 32.5. The highest BCUT2D eigenvalue weighted by molar-refractivity contribution is 7.99. The molecule has 166 valence electrons. The summed E-state index contributed by atoms with van der Waals surface area (Å²) in [6.45, 7) is 0. The molecule has 5 aliphatic carbocycles. The lowest BCUT2D eigenvalue weighted by Gasteiger charge is -2.56. The summed E-state index contributed by atoms with van der Waals surface area (Å²) in [5.74, 6) is 4.59. The van der Waals surface area contributed by atoms with Crippen molar-refractivity contribution in [1.29, 1.82) is 0 Å². The molecule has 5 saturated carbocycles. The second kappa shape index (κ2) is 7.98. The predicted octanol–water partition coefficient (Wildman–Crippen LogP) is 4.62. The van der Waals surface area contributed by atoms with Gasteiger partial charge in [0.25, 0.3) is 0 Å². The summed E-state index contributed by atoms with van der Waals surface area (Å²) < 4.78 is 4.18. The Morgan fingerprint density at radius 3 is 2.29 bits per heavy atom. The van der Waals surface area contributed by atoms with Gasteiger partial charge in [0.05, 0.1) is 5.75 Å². The molecular formula is C24H33N5OS. The molecule has 0 aliphatic heterocycles. The van der Waals surface area contributed by atoms with E-state index in [1.54, 1.807) is 0 Å². The molecule has 1 amide bonds. The maximum Gasteiger partial charge on any atom is 0.230 e. The SMILES string of the molecule is O=C(CSc1nnc(C2CCCCC2)n1-n1cccc1)NC12CC3CC(CC(C3)C1)C2. The predicted molar refractivity (Wildman–Crippen MR) is 121 cm³/mol. The number of thioether (sulfide) groups is 1. The molecule has 5 aliphatic rings. The molecule has 0 unspecified atom stereocenters. The zero-order chi connectivity index (χ0) is 20.8. The smallest absolute Gasteiger partial charge is 0.230 e. The monoisotopic (exact) mass is 439 g/mol. The van der Waals surface area contributed by atoms with Crippen LogP contribution in [0.3, 0.4) is 0 Å². The Bertz CT molecular complexity index is 895. The first-order valence-corrected chi connectivity index (χ1v) is 13.2. The fourth-order valence-electron chi connectivity index (χ4n) is 7.38. The van der Waals surface area contributed by atoms with Gasteiger partial charge >= 0.3 is 0 Å². The van der Waals surface area contributed by atoms with Gasteiger partial charge in [-0.15, -0.1) is 10.2 Å². The molecular weight excluding hydrogens is 406 g/mol. The summed E-state index contributed by atoms with van der Waals surface area (Å²) in [5, 5.41) is 13.4. The van der Waals surface area contributed by atoms with Gasteiger partial charge in [-0.2, -0.15) is 0 Å². The molecule has 0 atom stereocenters. The van der Waals surface area contributed by atoms with Crippen molar-refractivity contribution in [2.45, 2.75) is 87.2 Å². The molecule has 2 aromatic rings. The highest BCUT2D eigenvalue weighted by atomic mass is 32.2. The Morgan fingerprint density at radius 1 is 1.00 bits per heavy atom. The average Bonchev–Trinajstić information content (AvgIpc) is 3.41. The zero-order valence-corrected chi connectivity index (χ0v) is 19.0. The lowest BCUT2D eigenvalue weighted by atomic mass is 9.53. The first-order chi connectivity index (χ1) is 15.2. The van der Waals surface area contributed by atoms with Crippen LogP contribution in [0.1, 0.15) is 82.4 Å². The molecule has 0 spiro atoms. The topological polar surface area (TPSA) is 64.7 Å². The van der Waals surface area contributed by atoms with Crippen molar-refractivity contribution in [1.82, 2.24) is 24.9 Å². The third kappa shape index (κ3) is 3.83. The van der Waals surface area contributed by atoms with Crippen LogP contribution in [-0.2, 0) is 4.79 Å². The van der Waals surface area contributed by atoms with E-state index >= 15 is 0 Å². The van der Waals surface area contributed by atoms with Crippen molar-refractivity contribution in [2.75, 3.05) is 5.75 Å². The minimum Gasteiger partial charge on any atom is -0.350 e. The minimum absolute atomic E-state index is 0.0771. The summed E-state index contributed by atoms with van der Waals surface area (Å²) in [7, 11) is 0. The van der Waals surface area contributed by atoms with Crippen LogP contribution < -0.4 is 5.32 Å². The van der Waals surface area contributed by atoms with E-state index in [-0.39, 0.29) is 11.4 Å². The van der Waals surface area contributed by atoms with Crippen molar-refractivity contribution in [3.8, 4) is 0 Å². The molecule has 6 nitrogen and oxygen atoms in total. The van der Waals surface area contributed by atoms with Gasteiger partial charge in [0, 0.05) is 23.9 Å². The first-order valence-electron chi connectivity index (χ1n) is 12.2. The number of hydrogen-bond acceptors (Lipinski definition) is 4. The largest absolute Gasteiger partial charge is 0.350 e. The van der Waals surface area contributed by atoms with Gasteiger partial charge < -0.3 is 5.32 Å². The van der Waals surface area contributed by atoms with Crippen LogP contribution in [0.4, 0.5) is 0 Å². The highest BCUT2D eigenvalue weighted by Crippen LogP contribution is 2.55. The van der Waals surface area contributed by atoms with Crippen LogP contribution in [0.15, 0.2) is 29.7 Å². The van der Waals surface area contributed by atoms with E-state index in [2.05, 4.69) is 24.9 Å². The number of aromatic nitrogens is 4. The Balaban J connectivity index is 1.16. The third-order valence-corrected chi connectivity index (χ3v) is 9.12. The highest BCUT2D eigenvalue weighted by Gasteiger charge is 2.51. The van der Waals surface area contributed by atoms with E-state index in [9.17, 15) is 4.79 Å². The molecule has 4 bridgehead atoms. The summed E-state index contributed by atoms with van der Waals surface area (Å²) in [6, 6.07) is 4.05. The molecule has 1 N–H and O–H groups in total. The zero-order valence-electron chi connectivity index (χ0n) is 18.2. The van der Waals surface area contributed by atoms with Gasteiger partial charge in [-0.3, -0.25) is 9.47 Å². The second-order valence-corrected chi connectivity index (χ2v) is 11.5. The van der Waals surface area contributed by atoms with E-state index in [1.807, 2.05) is 24.5 Å². The van der Waals surface area contributed by atoms with Gasteiger partial charge in [0.2, 0.25) is 11.1 Å². The molecule has 0 aromatic carbocycles. The standard InChI is InChI=1S/C24H33N5OS/c30-21(25-24-13-17-10-18(14-24)12-19(11-17)15-24)16-31-23-27-26-22(20-6-2-1-3-7-20)29(23)28-8-4-5-9-28/h4-5,8-9,17-20H,1-3,6-7,10-16H2,(H,25,30). The van der Waals surface area contributed by atoms with Gasteiger partial charge in [-0.05, 0) is 81.3 Å². The second-order valence-electron chi connectivity index (χ2n) is 10.6. The van der Waals surface area contributed by atoms with E-state index in [4.69, 9.17) is 0 Å². The van der Waals surface area contributed by atoms with Crippen LogP contribution >= 0.6 is 11.8 Å². The fraction of sp³-hybridized carbons (Fsp3) is 0.708. The minimum atomic E-state index is 0.0771. The Labute approximate surface area is 188 Å². The van der Waals surface area contributed by atoms with Crippen LogP contribution in [0.2, 0.25) is 0 Å². The van der Waals surface area contributed by atoms with E-state index in [0.717, 1.165) is 28.7 Å². The van der Waals surface area contributed by atoms with Crippen LogP contribution in [0, 0.1) is 17.8 Å². The molecule has 5 fully saturated rings. The van der Waals surface area contributed by atoms with Crippen LogP contribution in [0.25, 0.3) is 0 Å². The van der Waals surface area contributed by atoms with Crippen LogP contribution in [0.5, 0.6) is 0 Å². The molecule has 0 radical (unpaired) electrons. The van der Waals surface area contributed by atoms with E-state index in [0.29, 0.717) is 11.7 Å². The Morgan fingerprint density at radius 2 is 1.65 bits per heavy atom. The van der Waals surface area contributed by atoms with Gasteiger partial charge in [0.15, 0.2) is 5.82 Å². The van der Waals surface area contributed by atoms with Crippen LogP contribution in [-0.4, -0.2) is 36.7 Å². The maximum absolute atomic E-state index is 13.0. The van der Waals surface area contributed by atoms with Crippen molar-refractivity contribution in [2.24, 2.45) is 17.8 Å². The molecule has 2 aromatic heterocycles. The van der Waals surface area contributed by atoms with E-state index in [1.165, 1.54) is 82.4 Å². The maximum atomic E-state index is 13.0. The van der Waals surface area contributed by atoms with Crippen molar-refractivity contribution >= 4 is 17.7 Å². The number of amides is 1. The number of rotatable bonds is 6.